The maximum atomic E-state index is 12.6. The van der Waals surface area contributed by atoms with Gasteiger partial charge in [0, 0.05) is 18.0 Å². The average molecular weight is 456 g/mol. The predicted molar refractivity (Wildman–Crippen MR) is 132 cm³/mol. The number of nitrogens with zero attached hydrogens (tertiary/aromatic N) is 3. The first-order valence-electron chi connectivity index (χ1n) is 12.8. The summed E-state index contributed by atoms with van der Waals surface area (Å²) in [6.07, 6.45) is 9.39. The van der Waals surface area contributed by atoms with Crippen molar-refractivity contribution in [3.63, 3.8) is 0 Å². The molecule has 0 spiro atoms. The molecule has 1 saturated carbocycles. The molecule has 6 nitrogen and oxygen atoms in total. The van der Waals surface area contributed by atoms with Gasteiger partial charge in [0.2, 0.25) is 5.91 Å². The summed E-state index contributed by atoms with van der Waals surface area (Å²) in [4.78, 5) is 12.6. The topological polar surface area (TPSA) is 83.6 Å². The van der Waals surface area contributed by atoms with E-state index in [1.54, 1.807) is 11.1 Å². The molecule has 176 valence electrons. The third kappa shape index (κ3) is 3.46. The molecule has 3 aromatic rings. The van der Waals surface area contributed by atoms with E-state index in [1.807, 2.05) is 19.1 Å². The molecule has 0 bridgehead atoms. The maximum Gasteiger partial charge on any atom is 0.225 e. The summed E-state index contributed by atoms with van der Waals surface area (Å²) in [5.74, 6) is 2.93. The molecule has 6 heteroatoms. The third-order valence-corrected chi connectivity index (χ3v) is 8.92. The molecule has 3 aliphatic carbocycles. The highest BCUT2D eigenvalue weighted by molar-refractivity contribution is 5.89. The van der Waals surface area contributed by atoms with Crippen LogP contribution in [0, 0.1) is 18.8 Å². The van der Waals surface area contributed by atoms with E-state index in [-0.39, 0.29) is 11.3 Å². The minimum Gasteiger partial charge on any atom is -0.309 e. The van der Waals surface area contributed by atoms with E-state index in [2.05, 4.69) is 58.0 Å². The Morgan fingerprint density at radius 1 is 1.15 bits per heavy atom. The van der Waals surface area contributed by atoms with Crippen molar-refractivity contribution in [1.29, 1.82) is 0 Å². The molecular formula is C28H33N5O. The molecule has 1 aromatic carbocycles. The largest absolute Gasteiger partial charge is 0.309 e. The van der Waals surface area contributed by atoms with Crippen LogP contribution in [-0.4, -0.2) is 26.3 Å². The number of aryl methyl sites for hydroxylation is 2. The normalized spacial score (nSPS) is 29.0. The van der Waals surface area contributed by atoms with Crippen LogP contribution in [0.3, 0.4) is 0 Å². The fourth-order valence-corrected chi connectivity index (χ4v) is 7.51. The molecule has 0 radical (unpaired) electrons. The van der Waals surface area contributed by atoms with Gasteiger partial charge in [0.15, 0.2) is 5.82 Å². The second-order valence-electron chi connectivity index (χ2n) is 10.8. The second kappa shape index (κ2) is 8.33. The number of rotatable bonds is 5. The molecule has 2 aromatic heterocycles. The number of hydrogen-bond donors (Lipinski definition) is 2. The predicted octanol–water partition coefficient (Wildman–Crippen LogP) is 5.43. The molecule has 1 amide bonds. The lowest BCUT2D eigenvalue weighted by Crippen LogP contribution is -2.44. The first-order valence-corrected chi connectivity index (χ1v) is 12.8. The van der Waals surface area contributed by atoms with Gasteiger partial charge in [-0.25, -0.2) is 0 Å². The Hall–Kier alpha value is -3.02. The van der Waals surface area contributed by atoms with Gasteiger partial charge in [0.25, 0.3) is 0 Å². The highest BCUT2D eigenvalue weighted by atomic mass is 16.1. The van der Waals surface area contributed by atoms with E-state index in [9.17, 15) is 4.79 Å². The minimum absolute atomic E-state index is 0.0134. The van der Waals surface area contributed by atoms with Crippen LogP contribution in [0.1, 0.15) is 85.4 Å². The summed E-state index contributed by atoms with van der Waals surface area (Å²) in [5.41, 5.74) is 6.80. The van der Waals surface area contributed by atoms with Crippen molar-refractivity contribution in [3.8, 4) is 0 Å². The smallest absolute Gasteiger partial charge is 0.225 e. The monoisotopic (exact) mass is 455 g/mol. The molecular weight excluding hydrogens is 422 g/mol. The van der Waals surface area contributed by atoms with E-state index in [0.717, 1.165) is 18.5 Å². The Labute approximate surface area is 201 Å². The molecule has 5 atom stereocenters. The van der Waals surface area contributed by atoms with Crippen molar-refractivity contribution in [3.05, 3.63) is 70.7 Å². The van der Waals surface area contributed by atoms with Crippen molar-refractivity contribution in [2.75, 3.05) is 5.32 Å². The van der Waals surface area contributed by atoms with Crippen LogP contribution in [0.25, 0.3) is 0 Å². The Morgan fingerprint density at radius 2 is 2.03 bits per heavy atom. The quantitative estimate of drug-likeness (QED) is 0.537. The zero-order chi connectivity index (χ0) is 23.3. The lowest BCUT2D eigenvalue weighted by atomic mass is 9.53. The molecule has 3 aliphatic rings. The molecule has 2 N–H and O–H groups in total. The summed E-state index contributed by atoms with van der Waals surface area (Å²) >= 11 is 0. The Balaban J connectivity index is 1.20. The van der Waals surface area contributed by atoms with Gasteiger partial charge >= 0.3 is 0 Å². The number of hydrogen-bond acceptors (Lipinski definition) is 4. The highest BCUT2D eigenvalue weighted by Gasteiger charge is 2.57. The molecule has 2 heterocycles. The number of fused-ring (bicyclic) bond motifs is 7. The van der Waals surface area contributed by atoms with Gasteiger partial charge in [-0.15, -0.1) is 5.10 Å². The summed E-state index contributed by atoms with van der Waals surface area (Å²) in [5, 5.41) is 18.9. The molecule has 34 heavy (non-hydrogen) atoms. The minimum atomic E-state index is 0.0134. The van der Waals surface area contributed by atoms with Crippen LogP contribution < -0.4 is 5.32 Å². The average Bonchev–Trinajstić information content (AvgIpc) is 3.42. The molecule has 6 rings (SSSR count). The van der Waals surface area contributed by atoms with Crippen LogP contribution in [-0.2, 0) is 16.6 Å². The summed E-state index contributed by atoms with van der Waals surface area (Å²) < 4.78 is 0. The van der Waals surface area contributed by atoms with Crippen molar-refractivity contribution in [2.24, 2.45) is 11.8 Å². The van der Waals surface area contributed by atoms with Gasteiger partial charge < -0.3 is 5.32 Å². The number of aromatic amines is 1. The number of aromatic nitrogens is 4. The van der Waals surface area contributed by atoms with Gasteiger partial charge in [-0.3, -0.25) is 9.89 Å². The van der Waals surface area contributed by atoms with E-state index >= 15 is 0 Å². The van der Waals surface area contributed by atoms with Crippen LogP contribution in [0.4, 0.5) is 5.82 Å². The molecule has 3 unspecified atom stereocenters. The molecule has 0 saturated heterocycles. The lowest BCUT2D eigenvalue weighted by molar-refractivity contribution is -0.116. The SMILES string of the molecule is Cc1ccc(NC(=O)CCC[C@@H]2c3c[nH]nc3[C@@]3(C)CCC4c5ccccc5CCC4C23)nn1. The number of nitrogens with one attached hydrogen (secondary N) is 2. The van der Waals surface area contributed by atoms with Crippen LogP contribution in [0.2, 0.25) is 0 Å². The van der Waals surface area contributed by atoms with Crippen molar-refractivity contribution < 1.29 is 4.79 Å². The van der Waals surface area contributed by atoms with Gasteiger partial charge in [0.05, 0.1) is 11.4 Å². The standard InChI is InChI=1S/C28H33N5O/c1-17-10-13-24(32-31-17)30-25(34)9-5-8-21-23-16-29-33-27(23)28(2)15-14-20-19-7-4-3-6-18(19)11-12-22(20)26(21)28/h3-4,6-7,10,13,16,20-22,26H,5,8-9,11-12,14-15H2,1-2H3,(H,29,33)(H,30,32,34)/t20?,21-,22?,26?,28+/m1/s1. The van der Waals surface area contributed by atoms with Crippen LogP contribution in [0.15, 0.2) is 42.6 Å². The maximum absolute atomic E-state index is 12.6. The van der Waals surface area contributed by atoms with Gasteiger partial charge in [-0.2, -0.15) is 10.2 Å². The van der Waals surface area contributed by atoms with Crippen molar-refractivity contribution in [2.45, 2.75) is 76.0 Å². The zero-order valence-corrected chi connectivity index (χ0v) is 20.1. The first-order chi connectivity index (χ1) is 16.5. The number of anilines is 1. The summed E-state index contributed by atoms with van der Waals surface area (Å²) in [6, 6.07) is 12.8. The van der Waals surface area contributed by atoms with E-state index in [0.29, 0.717) is 35.9 Å². The van der Waals surface area contributed by atoms with E-state index < -0.39 is 0 Å². The zero-order valence-electron chi connectivity index (χ0n) is 20.1. The van der Waals surface area contributed by atoms with Crippen LogP contribution in [0.5, 0.6) is 0 Å². The Bertz CT molecular complexity index is 1200. The summed E-state index contributed by atoms with van der Waals surface area (Å²) in [6.45, 7) is 4.34. The van der Waals surface area contributed by atoms with Gasteiger partial charge in [0.1, 0.15) is 0 Å². The number of carbonyl (C=O) groups is 1. The number of carbonyl (C=O) groups excluding carboxylic acids is 1. The number of benzene rings is 1. The van der Waals surface area contributed by atoms with Crippen LogP contribution >= 0.6 is 0 Å². The van der Waals surface area contributed by atoms with Gasteiger partial charge in [-0.1, -0.05) is 31.2 Å². The lowest BCUT2D eigenvalue weighted by Gasteiger charge is -2.50. The van der Waals surface area contributed by atoms with Crippen molar-refractivity contribution >= 4 is 11.7 Å². The Morgan fingerprint density at radius 3 is 2.88 bits per heavy atom. The van der Waals surface area contributed by atoms with E-state index in [4.69, 9.17) is 5.10 Å². The number of H-pyrrole nitrogens is 1. The van der Waals surface area contributed by atoms with Gasteiger partial charge in [-0.05, 0) is 97.9 Å². The number of amides is 1. The van der Waals surface area contributed by atoms with E-state index in [1.165, 1.54) is 36.9 Å². The highest BCUT2D eigenvalue weighted by Crippen LogP contribution is 2.64. The summed E-state index contributed by atoms with van der Waals surface area (Å²) in [7, 11) is 0. The second-order valence-corrected chi connectivity index (χ2v) is 10.8. The third-order valence-electron chi connectivity index (χ3n) is 8.92. The fraction of sp³-hybridized carbons (Fsp3) is 0.500. The Kier molecular flexibility index (Phi) is 5.27. The molecule has 1 fully saturated rings. The van der Waals surface area contributed by atoms with Crippen molar-refractivity contribution in [1.82, 2.24) is 20.4 Å². The first kappa shape index (κ1) is 21.5. The fourth-order valence-electron chi connectivity index (χ4n) is 7.51. The molecule has 0 aliphatic heterocycles.